The molecule has 4 heteroatoms. The second-order valence-electron chi connectivity index (χ2n) is 1.70. The summed E-state index contributed by atoms with van der Waals surface area (Å²) in [7, 11) is 0. The Balaban J connectivity index is 0. The van der Waals surface area contributed by atoms with Crippen molar-refractivity contribution in [3.63, 3.8) is 0 Å². The van der Waals surface area contributed by atoms with Gasteiger partial charge in [0.1, 0.15) is 6.23 Å². The topological polar surface area (TPSA) is 72.5 Å². The Morgan fingerprint density at radius 1 is 1.91 bits per heavy atom. The second-order valence-corrected chi connectivity index (χ2v) is 1.70. The van der Waals surface area contributed by atoms with Crippen LogP contribution in [0.5, 0.6) is 0 Å². The van der Waals surface area contributed by atoms with Crippen LogP contribution in [0, 0.1) is 0 Å². The quantitative estimate of drug-likeness (QED) is 0.469. The zero-order valence-electron chi connectivity index (χ0n) is 6.91. The Kier molecular flexibility index (Phi) is 10.6. The van der Waals surface area contributed by atoms with Gasteiger partial charge in [-0.3, -0.25) is 0 Å². The van der Waals surface area contributed by atoms with Crippen LogP contribution in [0.3, 0.4) is 0 Å². The van der Waals surface area contributed by atoms with E-state index >= 15 is 0 Å². The van der Waals surface area contributed by atoms with Crippen molar-refractivity contribution in [1.29, 1.82) is 0 Å². The fourth-order valence-corrected chi connectivity index (χ4v) is 0.263. The fourth-order valence-electron chi connectivity index (χ4n) is 0.263. The molecule has 0 fully saturated rings. The Morgan fingerprint density at radius 3 is 2.27 bits per heavy atom. The number of aliphatic carboxylic acids is 1. The largest absolute Gasteiger partial charge is 0.478 e. The first-order valence-electron chi connectivity index (χ1n) is 3.27. The predicted octanol–water partition coefficient (Wildman–Crippen LogP) is 0.585. The van der Waals surface area contributed by atoms with Crippen LogP contribution in [0.2, 0.25) is 0 Å². The number of hydrogen-bond acceptors (Lipinski definition) is 3. The van der Waals surface area contributed by atoms with Crippen molar-refractivity contribution in [3.05, 3.63) is 12.7 Å². The summed E-state index contributed by atoms with van der Waals surface area (Å²) in [5.74, 6) is -0.981. The summed E-state index contributed by atoms with van der Waals surface area (Å²) in [5, 5.41) is 7.60. The molecular formula is C7H15NO3. The van der Waals surface area contributed by atoms with Crippen LogP contribution >= 0.6 is 0 Å². The van der Waals surface area contributed by atoms with Crippen molar-refractivity contribution in [1.82, 2.24) is 0 Å². The summed E-state index contributed by atoms with van der Waals surface area (Å²) in [6.07, 6.45) is 0.731. The zero-order valence-corrected chi connectivity index (χ0v) is 6.91. The van der Waals surface area contributed by atoms with Crippen LogP contribution in [0.25, 0.3) is 0 Å². The van der Waals surface area contributed by atoms with E-state index in [0.29, 0.717) is 6.61 Å². The maximum Gasteiger partial charge on any atom is 0.327 e. The number of carboxylic acids is 1. The van der Waals surface area contributed by atoms with Gasteiger partial charge < -0.3 is 15.6 Å². The van der Waals surface area contributed by atoms with E-state index in [1.54, 1.807) is 0 Å². The van der Waals surface area contributed by atoms with Gasteiger partial charge in [0.25, 0.3) is 0 Å². The molecular weight excluding hydrogens is 146 g/mol. The molecule has 1 atom stereocenters. The van der Waals surface area contributed by atoms with Crippen LogP contribution in [0.15, 0.2) is 12.7 Å². The lowest BCUT2D eigenvalue weighted by Crippen LogP contribution is -2.18. The molecule has 0 bridgehead atoms. The minimum atomic E-state index is -0.981. The highest BCUT2D eigenvalue weighted by atomic mass is 16.5. The first-order chi connectivity index (χ1) is 5.04. The molecule has 0 saturated carbocycles. The molecule has 11 heavy (non-hydrogen) atoms. The molecule has 3 N–H and O–H groups in total. The lowest BCUT2D eigenvalue weighted by Gasteiger charge is -2.00. The minimum Gasteiger partial charge on any atom is -0.478 e. The van der Waals surface area contributed by atoms with Crippen molar-refractivity contribution in [2.45, 2.75) is 20.1 Å². The Morgan fingerprint density at radius 2 is 2.27 bits per heavy atom. The molecule has 0 aromatic rings. The van der Waals surface area contributed by atoms with Crippen molar-refractivity contribution >= 4 is 5.97 Å². The Bertz CT molecular complexity index is 112. The van der Waals surface area contributed by atoms with E-state index in [1.807, 2.05) is 13.8 Å². The summed E-state index contributed by atoms with van der Waals surface area (Å²) in [5.41, 5.74) is 5.18. The van der Waals surface area contributed by atoms with E-state index in [-0.39, 0.29) is 6.23 Å². The van der Waals surface area contributed by atoms with Crippen LogP contribution < -0.4 is 5.73 Å². The molecule has 66 valence electrons. The van der Waals surface area contributed by atoms with Gasteiger partial charge in [0, 0.05) is 12.7 Å². The first-order valence-corrected chi connectivity index (χ1v) is 3.27. The summed E-state index contributed by atoms with van der Waals surface area (Å²) in [6.45, 7) is 7.40. The van der Waals surface area contributed by atoms with Crippen LogP contribution in [-0.2, 0) is 9.53 Å². The summed E-state index contributed by atoms with van der Waals surface area (Å²) in [6, 6.07) is 0. The maximum absolute atomic E-state index is 9.25. The number of ether oxygens (including phenoxy) is 1. The van der Waals surface area contributed by atoms with Gasteiger partial charge in [-0.25, -0.2) is 4.79 Å². The molecule has 0 aromatic heterocycles. The molecule has 0 spiro atoms. The summed E-state index contributed by atoms with van der Waals surface area (Å²) < 4.78 is 4.82. The Labute approximate surface area is 66.7 Å². The maximum atomic E-state index is 9.25. The van der Waals surface area contributed by atoms with E-state index in [1.165, 1.54) is 0 Å². The fraction of sp³-hybridized carbons (Fsp3) is 0.571. The highest BCUT2D eigenvalue weighted by molar-refractivity contribution is 5.78. The number of hydrogen-bond donors (Lipinski definition) is 2. The Hall–Kier alpha value is -0.870. The molecule has 0 aliphatic heterocycles. The van der Waals surface area contributed by atoms with Crippen LogP contribution in [0.4, 0.5) is 0 Å². The smallest absolute Gasteiger partial charge is 0.327 e. The van der Waals surface area contributed by atoms with Gasteiger partial charge in [0.05, 0.1) is 0 Å². The zero-order chi connectivity index (χ0) is 9.28. The predicted molar refractivity (Wildman–Crippen MR) is 43.1 cm³/mol. The second kappa shape index (κ2) is 9.13. The van der Waals surface area contributed by atoms with Crippen molar-refractivity contribution in [2.75, 3.05) is 6.61 Å². The van der Waals surface area contributed by atoms with Gasteiger partial charge in [-0.2, -0.15) is 0 Å². The molecule has 4 nitrogen and oxygen atoms in total. The molecule has 0 radical (unpaired) electrons. The molecule has 0 heterocycles. The molecule has 0 aliphatic rings. The van der Waals surface area contributed by atoms with Crippen molar-refractivity contribution in [3.8, 4) is 0 Å². The number of carboxylic acid groups (broad SMARTS) is 1. The van der Waals surface area contributed by atoms with Gasteiger partial charge in [0.15, 0.2) is 0 Å². The van der Waals surface area contributed by atoms with Gasteiger partial charge in [-0.05, 0) is 13.8 Å². The van der Waals surface area contributed by atoms with Crippen molar-refractivity contribution < 1.29 is 14.6 Å². The third-order valence-corrected chi connectivity index (χ3v) is 0.604. The first kappa shape index (κ1) is 12.8. The number of carbonyl (C=O) groups is 1. The minimum absolute atomic E-state index is 0.102. The SMILES string of the molecule is C=CC(=O)O.CCOC(C)N. The van der Waals surface area contributed by atoms with Crippen LogP contribution in [-0.4, -0.2) is 23.9 Å². The number of nitrogens with two attached hydrogens (primary N) is 1. The van der Waals surface area contributed by atoms with E-state index in [0.717, 1.165) is 6.08 Å². The molecule has 0 saturated heterocycles. The lowest BCUT2D eigenvalue weighted by molar-refractivity contribution is -0.131. The van der Waals surface area contributed by atoms with Crippen molar-refractivity contribution in [2.24, 2.45) is 5.73 Å². The van der Waals surface area contributed by atoms with Gasteiger partial charge in [0.2, 0.25) is 0 Å². The third kappa shape index (κ3) is 27.2. The normalized spacial score (nSPS) is 10.8. The average Bonchev–Trinajstić information content (AvgIpc) is 1.89. The van der Waals surface area contributed by atoms with E-state index in [9.17, 15) is 4.79 Å². The lowest BCUT2D eigenvalue weighted by atomic mass is 10.7. The van der Waals surface area contributed by atoms with Gasteiger partial charge in [-0.1, -0.05) is 6.58 Å². The monoisotopic (exact) mass is 161 g/mol. The van der Waals surface area contributed by atoms with Crippen LogP contribution in [0.1, 0.15) is 13.8 Å². The highest BCUT2D eigenvalue weighted by Gasteiger charge is 1.83. The van der Waals surface area contributed by atoms with E-state index < -0.39 is 5.97 Å². The standard InChI is InChI=1S/C4H11NO.C3H4O2/c1-3-6-4(2)5;1-2-3(4)5/h4H,3,5H2,1-2H3;2H,1H2,(H,4,5). The number of rotatable bonds is 3. The summed E-state index contributed by atoms with van der Waals surface area (Å²) in [4.78, 5) is 9.25. The highest BCUT2D eigenvalue weighted by Crippen LogP contribution is 1.74. The van der Waals surface area contributed by atoms with Gasteiger partial charge in [-0.15, -0.1) is 0 Å². The van der Waals surface area contributed by atoms with E-state index in [4.69, 9.17) is 15.6 Å². The van der Waals surface area contributed by atoms with E-state index in [2.05, 4.69) is 6.58 Å². The molecule has 0 rings (SSSR count). The molecule has 1 unspecified atom stereocenters. The molecule has 0 aliphatic carbocycles. The third-order valence-electron chi connectivity index (χ3n) is 0.604. The molecule has 0 aromatic carbocycles. The molecule has 0 amide bonds. The van der Waals surface area contributed by atoms with Gasteiger partial charge >= 0.3 is 5.97 Å². The average molecular weight is 161 g/mol. The summed E-state index contributed by atoms with van der Waals surface area (Å²) >= 11 is 0.